The second-order valence-electron chi connectivity index (χ2n) is 10.8. The minimum atomic E-state index is -0.979. The molecule has 33 heavy (non-hydrogen) atoms. The first kappa shape index (κ1) is 26.8. The average Bonchev–Trinajstić information content (AvgIpc) is 3.14. The van der Waals surface area contributed by atoms with E-state index in [2.05, 4.69) is 38.7 Å². The van der Waals surface area contributed by atoms with Gasteiger partial charge in [0.15, 0.2) is 0 Å². The molecule has 0 amide bonds. The third-order valence-electron chi connectivity index (χ3n) is 8.86. The Kier molecular flexibility index (Phi) is 8.81. The van der Waals surface area contributed by atoms with E-state index in [1.807, 2.05) is 13.8 Å². The fourth-order valence-corrected chi connectivity index (χ4v) is 7.53. The zero-order chi connectivity index (χ0) is 24.3. The minimum absolute atomic E-state index is 0.302. The van der Waals surface area contributed by atoms with Gasteiger partial charge in [0.1, 0.15) is 4.93 Å². The molecule has 0 bridgehead atoms. The number of rotatable bonds is 9. The Bertz CT molecular complexity index is 806. The maximum atomic E-state index is 11.3. The van der Waals surface area contributed by atoms with Crippen LogP contribution >= 0.6 is 11.8 Å². The molecule has 0 aromatic rings. The molecule has 3 aliphatic carbocycles. The fraction of sp³-hybridized carbons (Fsp3) is 0.724. The van der Waals surface area contributed by atoms with Crippen molar-refractivity contribution in [1.82, 2.24) is 0 Å². The normalized spacial score (nSPS) is 35.2. The molecule has 0 aromatic heterocycles. The van der Waals surface area contributed by atoms with Gasteiger partial charge in [0, 0.05) is 12.8 Å². The predicted octanol–water partition coefficient (Wildman–Crippen LogP) is 6.85. The summed E-state index contributed by atoms with van der Waals surface area (Å²) in [5, 5.41) is 32.5. The van der Waals surface area contributed by atoms with Crippen LogP contribution in [0.5, 0.6) is 0 Å². The molecule has 0 saturated heterocycles. The summed E-state index contributed by atoms with van der Waals surface area (Å²) in [5.41, 5.74) is 4.56. The first-order valence-corrected chi connectivity index (χ1v) is 14.1. The zero-order valence-electron chi connectivity index (χ0n) is 21.3. The number of thioether (sulfide) groups is 1. The lowest BCUT2D eigenvalue weighted by Crippen LogP contribution is -2.37. The molecule has 3 aliphatic rings. The molecule has 4 atom stereocenters. The van der Waals surface area contributed by atoms with E-state index in [0.29, 0.717) is 24.2 Å². The Morgan fingerprint density at radius 3 is 2.64 bits per heavy atom. The van der Waals surface area contributed by atoms with Crippen LogP contribution in [0.15, 0.2) is 47.1 Å². The second-order valence-corrected chi connectivity index (χ2v) is 12.3. The van der Waals surface area contributed by atoms with Crippen LogP contribution < -0.4 is 0 Å². The van der Waals surface area contributed by atoms with Gasteiger partial charge in [-0.25, -0.2) is 0 Å². The molecular formula is C29H46O3S. The van der Waals surface area contributed by atoms with Crippen molar-refractivity contribution in [1.29, 1.82) is 0 Å². The average molecular weight is 475 g/mol. The molecule has 3 nitrogen and oxygen atoms in total. The van der Waals surface area contributed by atoms with E-state index in [4.69, 9.17) is 0 Å². The van der Waals surface area contributed by atoms with Crippen LogP contribution in [0.25, 0.3) is 0 Å². The zero-order valence-corrected chi connectivity index (χ0v) is 22.1. The molecule has 0 aromatic carbocycles. The summed E-state index contributed by atoms with van der Waals surface area (Å²) in [5.74, 6) is 1.36. The molecular weight excluding hydrogens is 428 g/mol. The third kappa shape index (κ3) is 5.89. The molecule has 3 N–H and O–H groups in total. The van der Waals surface area contributed by atoms with Crippen LogP contribution in [0.1, 0.15) is 98.3 Å². The van der Waals surface area contributed by atoms with Gasteiger partial charge in [0.05, 0.1) is 11.7 Å². The van der Waals surface area contributed by atoms with Gasteiger partial charge in [-0.2, -0.15) is 0 Å². The Morgan fingerprint density at radius 1 is 1.24 bits per heavy atom. The summed E-state index contributed by atoms with van der Waals surface area (Å²) in [7, 11) is 0. The second kappa shape index (κ2) is 10.8. The van der Waals surface area contributed by atoms with Crippen molar-refractivity contribution >= 4 is 11.8 Å². The smallest absolute Gasteiger partial charge is 0.117 e. The summed E-state index contributed by atoms with van der Waals surface area (Å²) in [4.78, 5) is -0.979. The van der Waals surface area contributed by atoms with Crippen LogP contribution in [0, 0.1) is 11.3 Å². The van der Waals surface area contributed by atoms with E-state index in [1.165, 1.54) is 30.2 Å². The maximum absolute atomic E-state index is 11.3. The van der Waals surface area contributed by atoms with Gasteiger partial charge < -0.3 is 15.3 Å². The Morgan fingerprint density at radius 2 is 1.97 bits per heavy atom. The first-order chi connectivity index (χ1) is 15.6. The van der Waals surface area contributed by atoms with Crippen molar-refractivity contribution in [3.05, 3.63) is 47.1 Å². The number of aliphatic hydroxyl groups excluding tert-OH is 1. The molecule has 0 aliphatic heterocycles. The highest BCUT2D eigenvalue weighted by Crippen LogP contribution is 2.55. The van der Waals surface area contributed by atoms with E-state index in [-0.39, 0.29) is 0 Å². The van der Waals surface area contributed by atoms with Crippen molar-refractivity contribution in [2.45, 2.75) is 115 Å². The van der Waals surface area contributed by atoms with Crippen LogP contribution in [0.4, 0.5) is 0 Å². The summed E-state index contributed by atoms with van der Waals surface area (Å²) in [6.45, 7) is 12.9. The highest BCUT2D eigenvalue weighted by molar-refractivity contribution is 8.00. The van der Waals surface area contributed by atoms with E-state index in [1.54, 1.807) is 5.57 Å². The number of hydrogen-bond donors (Lipinski definition) is 3. The number of hydrogen-bond acceptors (Lipinski definition) is 4. The molecule has 0 spiro atoms. The summed E-state index contributed by atoms with van der Waals surface area (Å²) in [6.07, 6.45) is 16.1. The van der Waals surface area contributed by atoms with Crippen LogP contribution in [-0.4, -0.2) is 37.7 Å². The Labute approximate surface area is 206 Å². The number of fused-ring (bicyclic) bond motifs is 1. The van der Waals surface area contributed by atoms with E-state index < -0.39 is 16.6 Å². The SMILES string of the molecule is C=C1C(=CC=C2CCC[C@]3(C)C(CC)=CC[C@H]23)C[C@](O)(SCCCC(O)(CC)CC)C[C@@H]1O. The minimum Gasteiger partial charge on any atom is -0.390 e. The molecule has 3 rings (SSSR count). The summed E-state index contributed by atoms with van der Waals surface area (Å²) >= 11 is 1.52. The quantitative estimate of drug-likeness (QED) is 0.194. The lowest BCUT2D eigenvalue weighted by molar-refractivity contribution is 0.0229. The van der Waals surface area contributed by atoms with Gasteiger partial charge in [-0.3, -0.25) is 0 Å². The van der Waals surface area contributed by atoms with Gasteiger partial charge in [0.25, 0.3) is 0 Å². The maximum Gasteiger partial charge on any atom is 0.117 e. The Hall–Kier alpha value is -0.810. The molecule has 0 unspecified atom stereocenters. The van der Waals surface area contributed by atoms with Crippen molar-refractivity contribution in [3.63, 3.8) is 0 Å². The summed E-state index contributed by atoms with van der Waals surface area (Å²) in [6, 6.07) is 0. The molecule has 0 heterocycles. The topological polar surface area (TPSA) is 60.7 Å². The molecule has 4 heteroatoms. The van der Waals surface area contributed by atoms with Crippen molar-refractivity contribution in [2.24, 2.45) is 11.3 Å². The highest BCUT2D eigenvalue weighted by atomic mass is 32.2. The van der Waals surface area contributed by atoms with Gasteiger partial charge >= 0.3 is 0 Å². The van der Waals surface area contributed by atoms with E-state index in [0.717, 1.165) is 61.8 Å². The fourth-order valence-electron chi connectivity index (χ4n) is 6.33. The first-order valence-electron chi connectivity index (χ1n) is 13.1. The number of allylic oxidation sites excluding steroid dienone is 5. The van der Waals surface area contributed by atoms with Gasteiger partial charge in [-0.05, 0) is 86.0 Å². The molecule has 186 valence electrons. The monoisotopic (exact) mass is 474 g/mol. The molecule has 2 fully saturated rings. The van der Waals surface area contributed by atoms with E-state index >= 15 is 0 Å². The lowest BCUT2D eigenvalue weighted by Gasteiger charge is -2.41. The van der Waals surface area contributed by atoms with Gasteiger partial charge in [0.2, 0.25) is 0 Å². The largest absolute Gasteiger partial charge is 0.390 e. The number of aliphatic hydroxyl groups is 3. The molecule has 0 radical (unpaired) electrons. The van der Waals surface area contributed by atoms with Crippen LogP contribution in [-0.2, 0) is 0 Å². The Balaban J connectivity index is 1.68. The standard InChI is InChI=1S/C29H46O3S/c1-6-24-14-15-25-22(11-9-16-27(24,25)5)12-13-23-19-29(32,20-26(30)21(23)4)33-18-10-17-28(31,7-2)8-3/h12-14,25-26,30-32H,4,6-11,15-20H2,1-3,5H3/t25-,26+,27-,29+/m1/s1. The van der Waals surface area contributed by atoms with Gasteiger partial charge in [-0.1, -0.05) is 63.6 Å². The van der Waals surface area contributed by atoms with E-state index in [9.17, 15) is 15.3 Å². The van der Waals surface area contributed by atoms with Crippen molar-refractivity contribution in [3.8, 4) is 0 Å². The molecule has 2 saturated carbocycles. The van der Waals surface area contributed by atoms with Crippen molar-refractivity contribution < 1.29 is 15.3 Å². The van der Waals surface area contributed by atoms with Gasteiger partial charge in [-0.15, -0.1) is 11.8 Å². The van der Waals surface area contributed by atoms with Crippen LogP contribution in [0.2, 0.25) is 0 Å². The van der Waals surface area contributed by atoms with Crippen LogP contribution in [0.3, 0.4) is 0 Å². The summed E-state index contributed by atoms with van der Waals surface area (Å²) < 4.78 is 0. The predicted molar refractivity (Wildman–Crippen MR) is 141 cm³/mol. The lowest BCUT2D eigenvalue weighted by atomic mass is 9.64. The third-order valence-corrected chi connectivity index (χ3v) is 10.2. The van der Waals surface area contributed by atoms with Crippen molar-refractivity contribution in [2.75, 3.05) is 5.75 Å². The highest BCUT2D eigenvalue weighted by Gasteiger charge is 2.44.